The fourth-order valence-electron chi connectivity index (χ4n) is 3.34. The molecule has 0 aliphatic heterocycles. The molecule has 1 aromatic heterocycles. The van der Waals surface area contributed by atoms with Crippen LogP contribution in [0.3, 0.4) is 0 Å². The molecule has 0 amide bonds. The SMILES string of the molecule is O=c1cc(CCCCCCCCc2ccccc2)oc2cccc(O)c12. The number of rotatable bonds is 9. The standard InChI is InChI=1S/C23H26O3/c24-20-15-10-16-22-23(20)21(25)17-19(26-22)14-9-4-2-1-3-6-11-18-12-7-5-8-13-18/h5,7-8,10,12-13,15-17,24H,1-4,6,9,11,14H2. The lowest BCUT2D eigenvalue weighted by molar-refractivity contribution is 0.476. The van der Waals surface area contributed by atoms with Crippen molar-refractivity contribution < 1.29 is 9.52 Å². The molecular formula is C23H26O3. The first-order chi connectivity index (χ1) is 12.7. The van der Waals surface area contributed by atoms with Crippen LogP contribution in [0.25, 0.3) is 11.0 Å². The van der Waals surface area contributed by atoms with Gasteiger partial charge in [0.25, 0.3) is 0 Å². The van der Waals surface area contributed by atoms with E-state index in [1.165, 1.54) is 43.4 Å². The van der Waals surface area contributed by atoms with E-state index in [9.17, 15) is 9.90 Å². The molecule has 3 heteroatoms. The van der Waals surface area contributed by atoms with Crippen molar-refractivity contribution in [2.45, 2.75) is 51.4 Å². The molecule has 136 valence electrons. The summed E-state index contributed by atoms with van der Waals surface area (Å²) in [5, 5.41) is 10.0. The third-order valence-corrected chi connectivity index (χ3v) is 4.77. The number of unbranched alkanes of at least 4 members (excludes halogenated alkanes) is 5. The fraction of sp³-hybridized carbons (Fsp3) is 0.348. The first kappa shape index (κ1) is 18.2. The van der Waals surface area contributed by atoms with Crippen LogP contribution in [0.1, 0.15) is 49.8 Å². The third-order valence-electron chi connectivity index (χ3n) is 4.77. The van der Waals surface area contributed by atoms with E-state index in [-0.39, 0.29) is 16.6 Å². The highest BCUT2D eigenvalue weighted by molar-refractivity contribution is 5.82. The van der Waals surface area contributed by atoms with Gasteiger partial charge in [0.05, 0.1) is 0 Å². The van der Waals surface area contributed by atoms with Crippen LogP contribution in [-0.2, 0) is 12.8 Å². The van der Waals surface area contributed by atoms with Gasteiger partial charge < -0.3 is 9.52 Å². The number of phenolic OH excluding ortho intramolecular Hbond substituents is 1. The van der Waals surface area contributed by atoms with Crippen LogP contribution in [0, 0.1) is 0 Å². The predicted molar refractivity (Wildman–Crippen MR) is 106 cm³/mol. The van der Waals surface area contributed by atoms with Gasteiger partial charge in [-0.15, -0.1) is 0 Å². The summed E-state index contributed by atoms with van der Waals surface area (Å²) in [4.78, 5) is 12.1. The maximum absolute atomic E-state index is 12.1. The Morgan fingerprint density at radius 3 is 2.23 bits per heavy atom. The minimum atomic E-state index is -0.166. The molecule has 0 unspecified atom stereocenters. The molecule has 0 saturated carbocycles. The highest BCUT2D eigenvalue weighted by atomic mass is 16.3. The third kappa shape index (κ3) is 4.98. The van der Waals surface area contributed by atoms with Crippen molar-refractivity contribution in [3.05, 3.63) is 76.1 Å². The second kappa shape index (κ2) is 9.23. The molecule has 0 radical (unpaired) electrons. The minimum Gasteiger partial charge on any atom is -0.507 e. The Balaban J connectivity index is 1.36. The normalized spacial score (nSPS) is 11.1. The molecule has 0 saturated heterocycles. The molecule has 0 aliphatic rings. The van der Waals surface area contributed by atoms with E-state index in [2.05, 4.69) is 30.3 Å². The number of aryl methyl sites for hydroxylation is 2. The minimum absolute atomic E-state index is 0.0155. The summed E-state index contributed by atoms with van der Waals surface area (Å²) in [7, 11) is 0. The lowest BCUT2D eigenvalue weighted by Crippen LogP contribution is -2.02. The van der Waals surface area contributed by atoms with E-state index in [0.717, 1.165) is 25.7 Å². The number of fused-ring (bicyclic) bond motifs is 1. The maximum atomic E-state index is 12.1. The molecule has 3 rings (SSSR count). The molecule has 0 aliphatic carbocycles. The van der Waals surface area contributed by atoms with Crippen LogP contribution >= 0.6 is 0 Å². The Hall–Kier alpha value is -2.55. The smallest absolute Gasteiger partial charge is 0.196 e. The van der Waals surface area contributed by atoms with Crippen LogP contribution in [0.2, 0.25) is 0 Å². The fourth-order valence-corrected chi connectivity index (χ4v) is 3.34. The molecule has 26 heavy (non-hydrogen) atoms. The van der Waals surface area contributed by atoms with Gasteiger partial charge in [0.1, 0.15) is 22.5 Å². The van der Waals surface area contributed by atoms with Gasteiger partial charge in [-0.1, -0.05) is 62.1 Å². The average Bonchev–Trinajstić information content (AvgIpc) is 2.64. The molecule has 3 aromatic rings. The molecule has 0 fully saturated rings. The predicted octanol–water partition coefficient (Wildman–Crippen LogP) is 5.62. The van der Waals surface area contributed by atoms with Gasteiger partial charge in [0.2, 0.25) is 0 Å². The second-order valence-electron chi connectivity index (χ2n) is 6.83. The van der Waals surface area contributed by atoms with Crippen LogP contribution in [0.4, 0.5) is 0 Å². The molecule has 0 spiro atoms. The van der Waals surface area contributed by atoms with Crippen LogP contribution in [-0.4, -0.2) is 5.11 Å². The summed E-state index contributed by atoms with van der Waals surface area (Å²) in [5.41, 5.74) is 1.72. The summed E-state index contributed by atoms with van der Waals surface area (Å²) >= 11 is 0. The van der Waals surface area contributed by atoms with Crippen molar-refractivity contribution in [1.82, 2.24) is 0 Å². The van der Waals surface area contributed by atoms with Gasteiger partial charge in [-0.05, 0) is 37.0 Å². The quantitative estimate of drug-likeness (QED) is 0.509. The van der Waals surface area contributed by atoms with Crippen molar-refractivity contribution in [1.29, 1.82) is 0 Å². The molecule has 1 N–H and O–H groups in total. The first-order valence-corrected chi connectivity index (χ1v) is 9.53. The average molecular weight is 350 g/mol. The van der Waals surface area contributed by atoms with Gasteiger partial charge in [0.15, 0.2) is 5.43 Å². The zero-order valence-corrected chi connectivity index (χ0v) is 15.1. The summed E-state index contributed by atoms with van der Waals surface area (Å²) in [6.07, 6.45) is 9.07. The van der Waals surface area contributed by atoms with Crippen molar-refractivity contribution in [3.63, 3.8) is 0 Å². The Morgan fingerprint density at radius 1 is 0.769 bits per heavy atom. The van der Waals surface area contributed by atoms with Gasteiger partial charge >= 0.3 is 0 Å². The topological polar surface area (TPSA) is 50.4 Å². The lowest BCUT2D eigenvalue weighted by Gasteiger charge is -2.05. The molecular weight excluding hydrogens is 324 g/mol. The molecule has 0 atom stereocenters. The second-order valence-corrected chi connectivity index (χ2v) is 6.83. The number of hydrogen-bond acceptors (Lipinski definition) is 3. The zero-order chi connectivity index (χ0) is 18.2. The van der Waals surface area contributed by atoms with E-state index in [1.54, 1.807) is 12.1 Å². The Bertz CT molecular complexity index is 881. The summed E-state index contributed by atoms with van der Waals surface area (Å²) in [6.45, 7) is 0. The van der Waals surface area contributed by atoms with Crippen molar-refractivity contribution in [2.75, 3.05) is 0 Å². The number of hydrogen-bond donors (Lipinski definition) is 1. The summed E-state index contributed by atoms with van der Waals surface area (Å²) in [5.74, 6) is 0.690. The molecule has 3 nitrogen and oxygen atoms in total. The van der Waals surface area contributed by atoms with Crippen LogP contribution < -0.4 is 5.43 Å². The maximum Gasteiger partial charge on any atom is 0.196 e. The first-order valence-electron chi connectivity index (χ1n) is 9.53. The van der Waals surface area contributed by atoms with E-state index in [0.29, 0.717) is 11.3 Å². The van der Waals surface area contributed by atoms with E-state index in [1.807, 2.05) is 0 Å². The molecule has 0 bridgehead atoms. The van der Waals surface area contributed by atoms with Gasteiger partial charge in [-0.3, -0.25) is 4.79 Å². The molecule has 1 heterocycles. The van der Waals surface area contributed by atoms with Gasteiger partial charge in [0, 0.05) is 12.5 Å². The lowest BCUT2D eigenvalue weighted by atomic mass is 10.0. The zero-order valence-electron chi connectivity index (χ0n) is 15.1. The van der Waals surface area contributed by atoms with Crippen molar-refractivity contribution in [3.8, 4) is 5.75 Å². The molecule has 2 aromatic carbocycles. The number of aromatic hydroxyl groups is 1. The Kier molecular flexibility index (Phi) is 6.48. The Morgan fingerprint density at radius 2 is 1.46 bits per heavy atom. The number of phenols is 1. The number of benzene rings is 2. The monoisotopic (exact) mass is 350 g/mol. The van der Waals surface area contributed by atoms with Crippen molar-refractivity contribution >= 4 is 11.0 Å². The van der Waals surface area contributed by atoms with Crippen LogP contribution in [0.5, 0.6) is 5.75 Å². The van der Waals surface area contributed by atoms with Gasteiger partial charge in [-0.25, -0.2) is 0 Å². The van der Waals surface area contributed by atoms with Gasteiger partial charge in [-0.2, -0.15) is 0 Å². The Labute approximate surface area is 154 Å². The summed E-state index contributed by atoms with van der Waals surface area (Å²) < 4.78 is 5.76. The largest absolute Gasteiger partial charge is 0.507 e. The van der Waals surface area contributed by atoms with Crippen molar-refractivity contribution in [2.24, 2.45) is 0 Å². The van der Waals surface area contributed by atoms with Crippen LogP contribution in [0.15, 0.2) is 63.8 Å². The van der Waals surface area contributed by atoms with E-state index < -0.39 is 0 Å². The highest BCUT2D eigenvalue weighted by Gasteiger charge is 2.08. The summed E-state index contributed by atoms with van der Waals surface area (Å²) in [6, 6.07) is 17.1. The van der Waals surface area contributed by atoms with E-state index in [4.69, 9.17) is 4.42 Å². The van der Waals surface area contributed by atoms with E-state index >= 15 is 0 Å². The highest BCUT2D eigenvalue weighted by Crippen LogP contribution is 2.22.